The van der Waals surface area contributed by atoms with Gasteiger partial charge < -0.3 is 14.8 Å². The summed E-state index contributed by atoms with van der Waals surface area (Å²) >= 11 is 0. The Bertz CT molecular complexity index is 862. The van der Waals surface area contributed by atoms with E-state index in [2.05, 4.69) is 5.32 Å². The molecule has 2 aromatic rings. The zero-order chi connectivity index (χ0) is 24.1. The standard InChI is InChI=1S/C25H32N2O6/c1-3-10-22(27(31)18-28)21(17-19-11-6-4-7-12-19)24(29)26-23(20-13-8-5-9-14-20)25(30)33-16-15-32-2/h4-9,11-14,18,21-23,31H,3,10,15-17H2,1-2H3,(H,26,29). The number of carbonyl (C=O) groups excluding carboxylic acids is 3. The Morgan fingerprint density at radius 1 is 1.06 bits per heavy atom. The average molecular weight is 457 g/mol. The fourth-order valence-electron chi connectivity index (χ4n) is 3.65. The maximum atomic E-state index is 13.5. The van der Waals surface area contributed by atoms with E-state index >= 15 is 0 Å². The lowest BCUT2D eigenvalue weighted by Crippen LogP contribution is -2.48. The van der Waals surface area contributed by atoms with Gasteiger partial charge in [0.25, 0.3) is 0 Å². The molecule has 33 heavy (non-hydrogen) atoms. The van der Waals surface area contributed by atoms with E-state index in [1.165, 1.54) is 7.11 Å². The van der Waals surface area contributed by atoms with Crippen molar-refractivity contribution in [1.29, 1.82) is 0 Å². The summed E-state index contributed by atoms with van der Waals surface area (Å²) in [5.41, 5.74) is 1.44. The van der Waals surface area contributed by atoms with Crippen molar-refractivity contribution < 1.29 is 29.1 Å². The molecule has 0 aliphatic heterocycles. The Labute approximate surface area is 194 Å². The first-order chi connectivity index (χ1) is 16.0. The van der Waals surface area contributed by atoms with Gasteiger partial charge in [0, 0.05) is 7.11 Å². The van der Waals surface area contributed by atoms with Gasteiger partial charge in [-0.05, 0) is 24.0 Å². The second-order valence-electron chi connectivity index (χ2n) is 7.65. The summed E-state index contributed by atoms with van der Waals surface area (Å²) in [6, 6.07) is 16.3. The number of hydrogen-bond donors (Lipinski definition) is 2. The van der Waals surface area contributed by atoms with Crippen molar-refractivity contribution in [3.8, 4) is 0 Å². The fraction of sp³-hybridized carbons (Fsp3) is 0.400. The number of ether oxygens (including phenoxy) is 2. The number of benzene rings is 2. The van der Waals surface area contributed by atoms with E-state index in [4.69, 9.17) is 9.47 Å². The molecule has 2 rings (SSSR count). The number of methoxy groups -OCH3 is 1. The molecule has 2 aromatic carbocycles. The number of nitrogens with zero attached hydrogens (tertiary/aromatic N) is 1. The highest BCUT2D eigenvalue weighted by atomic mass is 16.6. The van der Waals surface area contributed by atoms with Gasteiger partial charge in [-0.1, -0.05) is 74.0 Å². The molecule has 2 amide bonds. The Balaban J connectivity index is 2.33. The Morgan fingerprint density at radius 2 is 1.70 bits per heavy atom. The molecule has 8 nitrogen and oxygen atoms in total. The van der Waals surface area contributed by atoms with E-state index in [-0.39, 0.29) is 19.6 Å². The van der Waals surface area contributed by atoms with Gasteiger partial charge in [-0.2, -0.15) is 0 Å². The number of rotatable bonds is 14. The SMILES string of the molecule is CCCC(C(Cc1ccccc1)C(=O)NC(C(=O)OCCOC)c1ccccc1)N(O)C=O. The molecule has 0 aliphatic rings. The van der Waals surface area contributed by atoms with Crippen molar-refractivity contribution in [2.45, 2.75) is 38.3 Å². The summed E-state index contributed by atoms with van der Waals surface area (Å²) in [5.74, 6) is -1.87. The van der Waals surface area contributed by atoms with Crippen molar-refractivity contribution in [1.82, 2.24) is 10.4 Å². The topological polar surface area (TPSA) is 105 Å². The van der Waals surface area contributed by atoms with Crippen LogP contribution in [0.1, 0.15) is 36.9 Å². The number of hydroxylamine groups is 2. The van der Waals surface area contributed by atoms with E-state index in [0.29, 0.717) is 29.9 Å². The van der Waals surface area contributed by atoms with Gasteiger partial charge in [0.2, 0.25) is 12.3 Å². The molecule has 0 saturated carbocycles. The molecule has 8 heteroatoms. The summed E-state index contributed by atoms with van der Waals surface area (Å²) in [4.78, 5) is 37.7. The predicted octanol–water partition coefficient (Wildman–Crippen LogP) is 2.91. The molecule has 3 atom stereocenters. The van der Waals surface area contributed by atoms with Gasteiger partial charge in [-0.25, -0.2) is 9.86 Å². The van der Waals surface area contributed by atoms with Crippen molar-refractivity contribution in [2.75, 3.05) is 20.3 Å². The van der Waals surface area contributed by atoms with Crippen LogP contribution in [0.4, 0.5) is 0 Å². The van der Waals surface area contributed by atoms with E-state index < -0.39 is 29.9 Å². The summed E-state index contributed by atoms with van der Waals surface area (Å²) in [5, 5.41) is 13.6. The first-order valence-corrected chi connectivity index (χ1v) is 11.0. The zero-order valence-electron chi connectivity index (χ0n) is 19.1. The predicted molar refractivity (Wildman–Crippen MR) is 122 cm³/mol. The largest absolute Gasteiger partial charge is 0.461 e. The number of hydrogen-bond acceptors (Lipinski definition) is 6. The molecule has 0 fully saturated rings. The molecule has 0 spiro atoms. The lowest BCUT2D eigenvalue weighted by atomic mass is 9.88. The number of carbonyl (C=O) groups is 3. The number of amides is 2. The molecule has 178 valence electrons. The molecular weight excluding hydrogens is 424 g/mol. The van der Waals surface area contributed by atoms with Gasteiger partial charge in [0.1, 0.15) is 6.61 Å². The maximum absolute atomic E-state index is 13.5. The van der Waals surface area contributed by atoms with E-state index in [9.17, 15) is 19.6 Å². The van der Waals surface area contributed by atoms with Crippen molar-refractivity contribution in [3.05, 3.63) is 71.8 Å². The van der Waals surface area contributed by atoms with Crippen molar-refractivity contribution >= 4 is 18.3 Å². The third-order valence-corrected chi connectivity index (χ3v) is 5.32. The van der Waals surface area contributed by atoms with Crippen LogP contribution >= 0.6 is 0 Å². The van der Waals surface area contributed by atoms with Crippen LogP contribution in [0.25, 0.3) is 0 Å². The first-order valence-electron chi connectivity index (χ1n) is 11.0. The quantitative estimate of drug-likeness (QED) is 0.149. The molecular formula is C25H32N2O6. The molecule has 0 bridgehead atoms. The van der Waals surface area contributed by atoms with Gasteiger partial charge >= 0.3 is 5.97 Å². The minimum atomic E-state index is -1.04. The van der Waals surface area contributed by atoms with Gasteiger partial charge in [-0.15, -0.1) is 0 Å². The Kier molecular flexibility index (Phi) is 11.1. The van der Waals surface area contributed by atoms with Crippen LogP contribution in [0, 0.1) is 5.92 Å². The molecule has 0 saturated heterocycles. The number of esters is 1. The highest BCUT2D eigenvalue weighted by Gasteiger charge is 2.35. The van der Waals surface area contributed by atoms with Gasteiger partial charge in [0.05, 0.1) is 18.6 Å². The normalized spacial score (nSPS) is 13.4. The van der Waals surface area contributed by atoms with E-state index in [1.807, 2.05) is 43.3 Å². The van der Waals surface area contributed by atoms with Gasteiger partial charge in [0.15, 0.2) is 6.04 Å². The average Bonchev–Trinajstić information content (AvgIpc) is 2.85. The second-order valence-corrected chi connectivity index (χ2v) is 7.65. The third kappa shape index (κ3) is 8.00. The maximum Gasteiger partial charge on any atom is 0.333 e. The molecule has 0 heterocycles. The fourth-order valence-corrected chi connectivity index (χ4v) is 3.65. The molecule has 3 unspecified atom stereocenters. The second kappa shape index (κ2) is 14.0. The molecule has 2 N–H and O–H groups in total. The van der Waals surface area contributed by atoms with E-state index in [1.54, 1.807) is 24.3 Å². The summed E-state index contributed by atoms with van der Waals surface area (Å²) in [6.07, 6.45) is 1.64. The lowest BCUT2D eigenvalue weighted by Gasteiger charge is -2.31. The smallest absolute Gasteiger partial charge is 0.333 e. The minimum Gasteiger partial charge on any atom is -0.461 e. The third-order valence-electron chi connectivity index (χ3n) is 5.32. The highest BCUT2D eigenvalue weighted by Crippen LogP contribution is 2.23. The molecule has 0 aromatic heterocycles. The Hall–Kier alpha value is -3.23. The Morgan fingerprint density at radius 3 is 2.27 bits per heavy atom. The zero-order valence-corrected chi connectivity index (χ0v) is 19.1. The van der Waals surface area contributed by atoms with Crippen LogP contribution < -0.4 is 5.32 Å². The minimum absolute atomic E-state index is 0.0516. The number of nitrogens with one attached hydrogen (secondary N) is 1. The summed E-state index contributed by atoms with van der Waals surface area (Å²) in [7, 11) is 1.50. The van der Waals surface area contributed by atoms with Crippen LogP contribution in [0.3, 0.4) is 0 Å². The highest BCUT2D eigenvalue weighted by molar-refractivity contribution is 5.87. The molecule has 0 radical (unpaired) electrons. The van der Waals surface area contributed by atoms with Crippen molar-refractivity contribution in [3.63, 3.8) is 0 Å². The van der Waals surface area contributed by atoms with Gasteiger partial charge in [-0.3, -0.25) is 14.8 Å². The first kappa shape index (κ1) is 26.0. The van der Waals surface area contributed by atoms with Crippen LogP contribution in [-0.2, 0) is 30.3 Å². The lowest BCUT2D eigenvalue weighted by molar-refractivity contribution is -0.169. The monoisotopic (exact) mass is 456 g/mol. The summed E-state index contributed by atoms with van der Waals surface area (Å²) < 4.78 is 10.2. The van der Waals surface area contributed by atoms with Crippen LogP contribution in [0.5, 0.6) is 0 Å². The van der Waals surface area contributed by atoms with Crippen LogP contribution in [0.2, 0.25) is 0 Å². The van der Waals surface area contributed by atoms with Crippen LogP contribution in [-0.4, -0.2) is 54.9 Å². The molecule has 0 aliphatic carbocycles. The van der Waals surface area contributed by atoms with Crippen LogP contribution in [0.15, 0.2) is 60.7 Å². The van der Waals surface area contributed by atoms with Crippen molar-refractivity contribution in [2.24, 2.45) is 5.92 Å². The summed E-state index contributed by atoms with van der Waals surface area (Å²) in [6.45, 7) is 2.19. The van der Waals surface area contributed by atoms with E-state index in [0.717, 1.165) is 5.56 Å².